The minimum atomic E-state index is -0.101. The summed E-state index contributed by atoms with van der Waals surface area (Å²) >= 11 is 0. The number of ether oxygens (including phenoxy) is 1. The first-order valence-electron chi connectivity index (χ1n) is 10.00. The average molecular weight is 405 g/mol. The Labute approximate surface area is 173 Å². The zero-order chi connectivity index (χ0) is 20.8. The first kappa shape index (κ1) is 18.7. The predicted molar refractivity (Wildman–Crippen MR) is 110 cm³/mol. The molecule has 1 aromatic carbocycles. The summed E-state index contributed by atoms with van der Waals surface area (Å²) in [4.78, 5) is 18.3. The number of para-hydroxylation sites is 2. The number of benzene rings is 1. The van der Waals surface area contributed by atoms with Crippen molar-refractivity contribution in [1.29, 1.82) is 0 Å². The lowest BCUT2D eigenvalue weighted by Gasteiger charge is -2.09. The third-order valence-corrected chi connectivity index (χ3v) is 5.45. The molecule has 0 saturated heterocycles. The summed E-state index contributed by atoms with van der Waals surface area (Å²) < 4.78 is 9.40. The number of hydrogen-bond acceptors (Lipinski definition) is 7. The zero-order valence-electron chi connectivity index (χ0n) is 17.1. The topological polar surface area (TPSA) is 104 Å². The molecule has 3 aromatic heterocycles. The van der Waals surface area contributed by atoms with E-state index >= 15 is 0 Å². The van der Waals surface area contributed by atoms with Gasteiger partial charge in [-0.15, -0.1) is 5.10 Å². The number of aryl methyl sites for hydroxylation is 3. The van der Waals surface area contributed by atoms with E-state index in [4.69, 9.17) is 14.8 Å². The molecule has 1 aliphatic rings. The van der Waals surface area contributed by atoms with Crippen LogP contribution in [-0.4, -0.2) is 52.6 Å². The quantitative estimate of drug-likeness (QED) is 0.524. The normalized spacial score (nSPS) is 18.1. The Morgan fingerprint density at radius 3 is 2.67 bits per heavy atom. The number of aliphatic hydroxyl groups excluding tert-OH is 1. The Morgan fingerprint density at radius 1 is 1.10 bits per heavy atom. The lowest BCUT2D eigenvalue weighted by Crippen LogP contribution is -2.10. The van der Waals surface area contributed by atoms with Gasteiger partial charge in [0, 0.05) is 24.9 Å². The molecule has 0 aliphatic heterocycles. The van der Waals surface area contributed by atoms with Crippen molar-refractivity contribution in [3.05, 3.63) is 53.5 Å². The Kier molecular flexibility index (Phi) is 4.47. The zero-order valence-corrected chi connectivity index (χ0v) is 17.1. The van der Waals surface area contributed by atoms with Crippen LogP contribution in [0.25, 0.3) is 16.9 Å². The van der Waals surface area contributed by atoms with Gasteiger partial charge in [0.25, 0.3) is 0 Å². The third-order valence-electron chi connectivity index (χ3n) is 5.45. The minimum absolute atomic E-state index is 0.101. The highest BCUT2D eigenvalue weighted by atomic mass is 16.5. The van der Waals surface area contributed by atoms with E-state index in [1.54, 1.807) is 4.68 Å². The first-order valence-corrected chi connectivity index (χ1v) is 10.00. The lowest BCUT2D eigenvalue weighted by atomic mass is 10.2. The molecule has 5 rings (SSSR count). The highest BCUT2D eigenvalue weighted by Gasteiger charge is 2.44. The molecule has 3 heterocycles. The Hall–Kier alpha value is -3.33. The third kappa shape index (κ3) is 3.21. The summed E-state index contributed by atoms with van der Waals surface area (Å²) in [6.45, 7) is 3.76. The molecule has 1 N–H and O–H groups in total. The molecule has 0 spiro atoms. The minimum Gasteiger partial charge on any atom is -0.461 e. The molecule has 2 atom stereocenters. The van der Waals surface area contributed by atoms with Crippen molar-refractivity contribution in [3.63, 3.8) is 0 Å². The van der Waals surface area contributed by atoms with E-state index in [0.717, 1.165) is 34.8 Å². The molecular weight excluding hydrogens is 382 g/mol. The van der Waals surface area contributed by atoms with Gasteiger partial charge in [0.15, 0.2) is 5.82 Å². The number of rotatable bonds is 6. The van der Waals surface area contributed by atoms with E-state index in [-0.39, 0.29) is 31.1 Å². The largest absolute Gasteiger partial charge is 0.461 e. The van der Waals surface area contributed by atoms with Gasteiger partial charge in [0.2, 0.25) is 0 Å². The average Bonchev–Trinajstić information content (AvgIpc) is 3.37. The van der Waals surface area contributed by atoms with Crippen LogP contribution >= 0.6 is 0 Å². The SMILES string of the molecule is Cc1nc(C)n(-c2cc([C@H]3C[C@@H]3c3nc4ccccc4n3C)nc(OCCO)n2)n1. The van der Waals surface area contributed by atoms with Crippen molar-refractivity contribution < 1.29 is 9.84 Å². The fourth-order valence-electron chi connectivity index (χ4n) is 3.97. The second-order valence-electron chi connectivity index (χ2n) is 7.59. The van der Waals surface area contributed by atoms with Crippen LogP contribution < -0.4 is 4.74 Å². The van der Waals surface area contributed by atoms with Crippen LogP contribution in [0.15, 0.2) is 30.3 Å². The van der Waals surface area contributed by atoms with Crippen LogP contribution in [0.2, 0.25) is 0 Å². The second kappa shape index (κ2) is 7.17. The summed E-state index contributed by atoms with van der Waals surface area (Å²) in [7, 11) is 2.06. The van der Waals surface area contributed by atoms with Gasteiger partial charge < -0.3 is 14.4 Å². The Morgan fingerprint density at radius 2 is 1.93 bits per heavy atom. The van der Waals surface area contributed by atoms with Gasteiger partial charge in [-0.1, -0.05) is 12.1 Å². The molecule has 1 fully saturated rings. The van der Waals surface area contributed by atoms with Gasteiger partial charge in [0.1, 0.15) is 24.1 Å². The molecule has 0 bridgehead atoms. The summed E-state index contributed by atoms with van der Waals surface area (Å²) in [5, 5.41) is 13.6. The van der Waals surface area contributed by atoms with Crippen LogP contribution in [0.5, 0.6) is 6.01 Å². The van der Waals surface area contributed by atoms with E-state index < -0.39 is 0 Å². The fourth-order valence-corrected chi connectivity index (χ4v) is 3.97. The Balaban J connectivity index is 1.51. The molecule has 1 aliphatic carbocycles. The first-order chi connectivity index (χ1) is 14.5. The molecule has 4 aromatic rings. The molecule has 0 radical (unpaired) electrons. The van der Waals surface area contributed by atoms with E-state index in [2.05, 4.69) is 37.7 Å². The van der Waals surface area contributed by atoms with Crippen LogP contribution in [0, 0.1) is 13.8 Å². The maximum atomic E-state index is 9.12. The molecule has 0 amide bonds. The molecule has 30 heavy (non-hydrogen) atoms. The van der Waals surface area contributed by atoms with Crippen molar-refractivity contribution in [3.8, 4) is 11.8 Å². The summed E-state index contributed by atoms with van der Waals surface area (Å²) in [5.41, 5.74) is 3.02. The van der Waals surface area contributed by atoms with Crippen LogP contribution in [-0.2, 0) is 7.05 Å². The number of hydrogen-bond donors (Lipinski definition) is 1. The maximum Gasteiger partial charge on any atom is 0.318 e. The standard InChI is InChI=1S/C21H23N7O2/c1-12-22-13(2)28(26-12)19-11-17(24-21(25-19)30-9-8-29)14-10-15(14)20-23-16-6-4-5-7-18(16)27(20)3/h4-7,11,14-15,29H,8-10H2,1-3H3/t14-,15-/m0/s1. The van der Waals surface area contributed by atoms with E-state index in [9.17, 15) is 0 Å². The van der Waals surface area contributed by atoms with Crippen molar-refractivity contribution >= 4 is 11.0 Å². The smallest absolute Gasteiger partial charge is 0.318 e. The molecule has 9 nitrogen and oxygen atoms in total. The number of fused-ring (bicyclic) bond motifs is 1. The van der Waals surface area contributed by atoms with Crippen molar-refractivity contribution in [1.82, 2.24) is 34.3 Å². The highest BCUT2D eigenvalue weighted by Crippen LogP contribution is 2.54. The number of aromatic nitrogens is 7. The number of imidazole rings is 1. The highest BCUT2D eigenvalue weighted by molar-refractivity contribution is 5.76. The Bertz CT molecular complexity index is 1230. The van der Waals surface area contributed by atoms with Crippen LogP contribution in [0.1, 0.15) is 41.4 Å². The van der Waals surface area contributed by atoms with Gasteiger partial charge in [-0.05, 0) is 32.4 Å². The van der Waals surface area contributed by atoms with Gasteiger partial charge in [-0.25, -0.2) is 9.97 Å². The summed E-state index contributed by atoms with van der Waals surface area (Å²) in [5.74, 6) is 3.61. The summed E-state index contributed by atoms with van der Waals surface area (Å²) in [6, 6.07) is 10.3. The van der Waals surface area contributed by atoms with Crippen molar-refractivity contribution in [2.24, 2.45) is 7.05 Å². The molecule has 0 unspecified atom stereocenters. The molecular formula is C21H23N7O2. The van der Waals surface area contributed by atoms with Gasteiger partial charge in [-0.3, -0.25) is 0 Å². The fraction of sp³-hybridized carbons (Fsp3) is 0.381. The number of nitrogens with zero attached hydrogens (tertiary/aromatic N) is 7. The van der Waals surface area contributed by atoms with E-state index in [0.29, 0.717) is 11.6 Å². The van der Waals surface area contributed by atoms with E-state index in [1.165, 1.54) is 0 Å². The molecule has 154 valence electrons. The van der Waals surface area contributed by atoms with E-state index in [1.807, 2.05) is 38.1 Å². The monoisotopic (exact) mass is 405 g/mol. The van der Waals surface area contributed by atoms with Gasteiger partial charge in [-0.2, -0.15) is 14.6 Å². The van der Waals surface area contributed by atoms with Gasteiger partial charge >= 0.3 is 6.01 Å². The molecule has 1 saturated carbocycles. The van der Waals surface area contributed by atoms with Crippen LogP contribution in [0.4, 0.5) is 0 Å². The maximum absolute atomic E-state index is 9.12. The molecule has 9 heteroatoms. The number of aliphatic hydroxyl groups is 1. The van der Waals surface area contributed by atoms with Crippen molar-refractivity contribution in [2.45, 2.75) is 32.1 Å². The van der Waals surface area contributed by atoms with Crippen molar-refractivity contribution in [2.75, 3.05) is 13.2 Å². The predicted octanol–water partition coefficient (Wildman–Crippen LogP) is 2.20. The van der Waals surface area contributed by atoms with Crippen LogP contribution in [0.3, 0.4) is 0 Å². The van der Waals surface area contributed by atoms with Gasteiger partial charge in [0.05, 0.1) is 23.3 Å². The summed E-state index contributed by atoms with van der Waals surface area (Å²) in [6.07, 6.45) is 0.961. The lowest BCUT2D eigenvalue weighted by molar-refractivity contribution is 0.191. The second-order valence-corrected chi connectivity index (χ2v) is 7.59.